The van der Waals surface area contributed by atoms with Crippen molar-refractivity contribution in [2.75, 3.05) is 0 Å². The summed E-state index contributed by atoms with van der Waals surface area (Å²) in [7, 11) is 0. The van der Waals surface area contributed by atoms with Gasteiger partial charge in [-0.15, -0.1) is 0 Å². The minimum atomic E-state index is -2.27. The van der Waals surface area contributed by atoms with E-state index in [1.165, 1.54) is 12.1 Å². The van der Waals surface area contributed by atoms with Crippen molar-refractivity contribution in [3.63, 3.8) is 0 Å². The van der Waals surface area contributed by atoms with Crippen LogP contribution in [-0.2, 0) is 10.8 Å². The summed E-state index contributed by atoms with van der Waals surface area (Å²) in [6, 6.07) is 32.9. The quantitative estimate of drug-likeness (QED) is 0.102. The lowest BCUT2D eigenvalue weighted by Gasteiger charge is -2.22. The van der Waals surface area contributed by atoms with Crippen LogP contribution >= 0.6 is 0 Å². The van der Waals surface area contributed by atoms with Crippen LogP contribution in [0.5, 0.6) is 0 Å². The summed E-state index contributed by atoms with van der Waals surface area (Å²) in [5.41, 5.74) is 3.76. The van der Waals surface area contributed by atoms with Gasteiger partial charge in [0.1, 0.15) is 0 Å². The Bertz CT molecular complexity index is 2850. The van der Waals surface area contributed by atoms with Crippen molar-refractivity contribution < 1.29 is 22.0 Å². The van der Waals surface area contributed by atoms with Gasteiger partial charge in [0, 0.05) is 27.1 Å². The summed E-state index contributed by atoms with van der Waals surface area (Å²) in [5, 5.41) is 14.3. The predicted molar refractivity (Wildman–Crippen MR) is 202 cm³/mol. The van der Waals surface area contributed by atoms with Crippen LogP contribution in [0.3, 0.4) is 0 Å². The van der Waals surface area contributed by atoms with Crippen LogP contribution in [-0.4, -0.2) is 9.13 Å². The summed E-state index contributed by atoms with van der Waals surface area (Å²) < 4.78 is 79.3. The van der Waals surface area contributed by atoms with Crippen LogP contribution in [0, 0.1) is 40.4 Å². The summed E-state index contributed by atoms with van der Waals surface area (Å²) in [6.07, 6.45) is 0. The molecular formula is C45H34F5N3. The average molecular weight is 712 g/mol. The van der Waals surface area contributed by atoms with E-state index >= 15 is 8.78 Å². The van der Waals surface area contributed by atoms with E-state index in [0.29, 0.717) is 11.4 Å². The first-order valence-corrected chi connectivity index (χ1v) is 17.3. The minimum absolute atomic E-state index is 0.220. The standard InChI is InChI=1S/C45H34F5N3/c1-44(2,3)25-15-17-29-27-11-7-9-13-32(27)52(34(29)20-25)36-19-24(23-51)31(38-39(46)41(48)43(50)42(49)40(38)47)22-37(36)53-33-14-10-8-12-28(33)30-18-16-26(21-35(30)53)45(4,5)6/h7-22H,1-6H3. The number of benzene rings is 6. The molecule has 0 aliphatic heterocycles. The third-order valence-corrected chi connectivity index (χ3v) is 10.3. The van der Waals surface area contributed by atoms with Crippen LogP contribution in [0.2, 0.25) is 0 Å². The maximum Gasteiger partial charge on any atom is 0.200 e. The number of nitrogens with zero attached hydrogens (tertiary/aromatic N) is 3. The Morgan fingerprint density at radius 1 is 0.472 bits per heavy atom. The minimum Gasteiger partial charge on any atom is -0.307 e. The van der Waals surface area contributed by atoms with Crippen molar-refractivity contribution in [2.24, 2.45) is 0 Å². The van der Waals surface area contributed by atoms with Gasteiger partial charge < -0.3 is 9.13 Å². The summed E-state index contributed by atoms with van der Waals surface area (Å²) in [4.78, 5) is 0. The Morgan fingerprint density at radius 3 is 1.30 bits per heavy atom. The number of rotatable bonds is 3. The second-order valence-electron chi connectivity index (χ2n) is 15.6. The van der Waals surface area contributed by atoms with Crippen LogP contribution < -0.4 is 0 Å². The SMILES string of the molecule is CC(C)(C)c1ccc2c3ccccc3n(-c3cc(C#N)c(-c4c(F)c(F)c(F)c(F)c4F)cc3-n3c4ccccc4c4ccc(C(C)(C)C)cc43)c2c1. The van der Waals surface area contributed by atoms with Gasteiger partial charge in [-0.2, -0.15) is 5.26 Å². The zero-order chi connectivity index (χ0) is 37.7. The molecule has 2 aromatic heterocycles. The van der Waals surface area contributed by atoms with E-state index in [1.807, 2.05) is 69.8 Å². The predicted octanol–water partition coefficient (Wildman–Crippen LogP) is 12.7. The van der Waals surface area contributed by atoms with E-state index in [0.717, 1.165) is 54.7 Å². The Kier molecular flexibility index (Phi) is 7.60. The van der Waals surface area contributed by atoms with E-state index in [2.05, 4.69) is 71.9 Å². The van der Waals surface area contributed by atoms with Gasteiger partial charge in [0.2, 0.25) is 5.82 Å². The first-order chi connectivity index (χ1) is 25.1. The fourth-order valence-electron chi connectivity index (χ4n) is 7.47. The van der Waals surface area contributed by atoms with Gasteiger partial charge in [-0.25, -0.2) is 22.0 Å². The van der Waals surface area contributed by atoms with Crippen LogP contribution in [0.1, 0.15) is 58.2 Å². The Labute approximate surface area is 303 Å². The lowest BCUT2D eigenvalue weighted by molar-refractivity contribution is 0.381. The zero-order valence-corrected chi connectivity index (χ0v) is 30.0. The Balaban J connectivity index is 1.62. The lowest BCUT2D eigenvalue weighted by Crippen LogP contribution is -2.12. The highest BCUT2D eigenvalue weighted by molar-refractivity contribution is 6.12. The van der Waals surface area contributed by atoms with Gasteiger partial charge in [-0.1, -0.05) is 102 Å². The molecule has 53 heavy (non-hydrogen) atoms. The number of halogens is 5. The number of nitriles is 1. The van der Waals surface area contributed by atoms with E-state index in [4.69, 9.17) is 0 Å². The molecule has 0 saturated heterocycles. The molecule has 0 aliphatic carbocycles. The molecule has 8 rings (SSSR count). The molecule has 6 aromatic carbocycles. The van der Waals surface area contributed by atoms with E-state index < -0.39 is 40.2 Å². The normalized spacial score (nSPS) is 12.4. The molecule has 264 valence electrons. The average Bonchev–Trinajstić information content (AvgIpc) is 3.64. The molecule has 3 nitrogen and oxygen atoms in total. The van der Waals surface area contributed by atoms with Gasteiger partial charge >= 0.3 is 0 Å². The van der Waals surface area contributed by atoms with Crippen molar-refractivity contribution in [2.45, 2.75) is 52.4 Å². The molecule has 2 heterocycles. The first kappa shape index (κ1) is 34.2. The fraction of sp³-hybridized carbons (Fsp3) is 0.178. The molecule has 0 atom stereocenters. The molecule has 0 spiro atoms. The molecule has 0 saturated carbocycles. The molecule has 0 N–H and O–H groups in total. The van der Waals surface area contributed by atoms with Gasteiger partial charge in [0.25, 0.3) is 0 Å². The summed E-state index contributed by atoms with van der Waals surface area (Å²) >= 11 is 0. The Hall–Kier alpha value is -5.94. The number of para-hydroxylation sites is 2. The summed E-state index contributed by atoms with van der Waals surface area (Å²) in [6.45, 7) is 12.6. The maximum atomic E-state index is 15.7. The number of fused-ring (bicyclic) bond motifs is 6. The van der Waals surface area contributed by atoms with Crippen LogP contribution in [0.4, 0.5) is 22.0 Å². The molecule has 0 amide bonds. The van der Waals surface area contributed by atoms with Crippen molar-refractivity contribution in [3.05, 3.63) is 143 Å². The molecule has 0 radical (unpaired) electrons. The molecule has 0 fully saturated rings. The van der Waals surface area contributed by atoms with Crippen molar-refractivity contribution in [3.8, 4) is 28.6 Å². The molecule has 0 unspecified atom stereocenters. The van der Waals surface area contributed by atoms with Gasteiger partial charge in [-0.3, -0.25) is 0 Å². The van der Waals surface area contributed by atoms with Crippen molar-refractivity contribution in [1.82, 2.24) is 9.13 Å². The monoisotopic (exact) mass is 711 g/mol. The van der Waals surface area contributed by atoms with E-state index in [1.54, 1.807) is 0 Å². The van der Waals surface area contributed by atoms with Crippen LogP contribution in [0.25, 0.3) is 66.1 Å². The van der Waals surface area contributed by atoms with Crippen molar-refractivity contribution >= 4 is 43.6 Å². The Morgan fingerprint density at radius 2 is 0.868 bits per heavy atom. The lowest BCUT2D eigenvalue weighted by atomic mass is 9.86. The fourth-order valence-corrected chi connectivity index (χ4v) is 7.47. The van der Waals surface area contributed by atoms with E-state index in [-0.39, 0.29) is 16.4 Å². The zero-order valence-electron chi connectivity index (χ0n) is 30.0. The highest BCUT2D eigenvalue weighted by atomic mass is 19.2. The molecule has 0 bridgehead atoms. The second kappa shape index (κ2) is 11.8. The maximum absolute atomic E-state index is 15.7. The third kappa shape index (κ3) is 5.13. The van der Waals surface area contributed by atoms with Crippen molar-refractivity contribution in [1.29, 1.82) is 5.26 Å². The smallest absolute Gasteiger partial charge is 0.200 e. The number of aromatic nitrogens is 2. The van der Waals surface area contributed by atoms with Gasteiger partial charge in [0.15, 0.2) is 23.3 Å². The molecule has 8 aromatic rings. The number of hydrogen-bond donors (Lipinski definition) is 0. The largest absolute Gasteiger partial charge is 0.307 e. The molecule has 8 heteroatoms. The van der Waals surface area contributed by atoms with E-state index in [9.17, 15) is 18.4 Å². The topological polar surface area (TPSA) is 33.6 Å². The number of hydrogen-bond acceptors (Lipinski definition) is 1. The third-order valence-electron chi connectivity index (χ3n) is 10.3. The van der Waals surface area contributed by atoms with Crippen LogP contribution in [0.15, 0.2) is 97.1 Å². The van der Waals surface area contributed by atoms with Gasteiger partial charge in [0.05, 0.1) is 50.6 Å². The highest BCUT2D eigenvalue weighted by Gasteiger charge is 2.30. The molecule has 0 aliphatic rings. The van der Waals surface area contributed by atoms with Gasteiger partial charge in [-0.05, 0) is 58.4 Å². The second-order valence-corrected chi connectivity index (χ2v) is 15.6. The highest BCUT2D eigenvalue weighted by Crippen LogP contribution is 2.43. The molecular weight excluding hydrogens is 678 g/mol. The summed E-state index contributed by atoms with van der Waals surface area (Å²) in [5.74, 6) is -10.5. The first-order valence-electron chi connectivity index (χ1n) is 17.3.